The second kappa shape index (κ2) is 9.63. The van der Waals surface area contributed by atoms with Gasteiger partial charge in [-0.15, -0.1) is 0 Å². The first-order chi connectivity index (χ1) is 17.6. The molecule has 1 amide bonds. The van der Waals surface area contributed by atoms with E-state index in [4.69, 9.17) is 22.1 Å². The highest BCUT2D eigenvalue weighted by molar-refractivity contribution is 6.30. The van der Waals surface area contributed by atoms with Crippen molar-refractivity contribution in [1.82, 2.24) is 9.55 Å². The smallest absolute Gasteiger partial charge is 0.390 e. The van der Waals surface area contributed by atoms with Crippen LogP contribution >= 0.6 is 11.6 Å². The van der Waals surface area contributed by atoms with Gasteiger partial charge in [0.1, 0.15) is 23.3 Å². The number of primary amides is 1. The first kappa shape index (κ1) is 25.0. The number of imidazole rings is 1. The summed E-state index contributed by atoms with van der Waals surface area (Å²) >= 11 is 5.98. The zero-order valence-corrected chi connectivity index (χ0v) is 20.7. The molecule has 3 aromatic carbocycles. The van der Waals surface area contributed by atoms with Crippen molar-refractivity contribution in [1.29, 1.82) is 0 Å². The van der Waals surface area contributed by atoms with E-state index in [0.29, 0.717) is 44.7 Å². The minimum absolute atomic E-state index is 0.296. The minimum Gasteiger partial charge on any atom is -0.457 e. The van der Waals surface area contributed by atoms with E-state index in [1.807, 2.05) is 17.6 Å². The number of halogens is 4. The predicted molar refractivity (Wildman–Crippen MR) is 137 cm³/mol. The van der Waals surface area contributed by atoms with Crippen LogP contribution in [-0.2, 0) is 0 Å². The van der Waals surface area contributed by atoms with Crippen molar-refractivity contribution >= 4 is 34.2 Å². The molecule has 5 rings (SSSR count). The first-order valence-corrected chi connectivity index (χ1v) is 12.2. The molecule has 192 valence electrons. The summed E-state index contributed by atoms with van der Waals surface area (Å²) < 4.78 is 46.4. The van der Waals surface area contributed by atoms with E-state index >= 15 is 0 Å². The van der Waals surface area contributed by atoms with Crippen molar-refractivity contribution < 1.29 is 22.7 Å². The largest absolute Gasteiger partial charge is 0.457 e. The third kappa shape index (κ3) is 5.36. The lowest BCUT2D eigenvalue weighted by Crippen LogP contribution is -2.15. The molecule has 4 aromatic rings. The first-order valence-electron chi connectivity index (χ1n) is 11.8. The molecule has 0 unspecified atom stereocenters. The van der Waals surface area contributed by atoms with Gasteiger partial charge in [-0.25, -0.2) is 4.98 Å². The van der Waals surface area contributed by atoms with Crippen molar-refractivity contribution in [3.63, 3.8) is 0 Å². The number of anilines is 1. The zero-order valence-electron chi connectivity index (χ0n) is 19.9. The lowest BCUT2D eigenvalue weighted by Gasteiger charge is -2.17. The number of nitrogens with one attached hydrogen (secondary N) is 1. The van der Waals surface area contributed by atoms with Crippen molar-refractivity contribution in [3.05, 3.63) is 76.6 Å². The molecule has 1 aliphatic carbocycles. The van der Waals surface area contributed by atoms with Gasteiger partial charge in [0, 0.05) is 29.3 Å². The topological polar surface area (TPSA) is 82.2 Å². The quantitative estimate of drug-likeness (QED) is 0.255. The van der Waals surface area contributed by atoms with E-state index in [2.05, 4.69) is 10.3 Å². The van der Waals surface area contributed by atoms with Crippen molar-refractivity contribution in [2.45, 2.75) is 38.3 Å². The third-order valence-corrected chi connectivity index (χ3v) is 6.65. The summed E-state index contributed by atoms with van der Waals surface area (Å²) in [6.07, 6.45) is -1.65. The maximum Gasteiger partial charge on any atom is 0.390 e. The van der Waals surface area contributed by atoms with Gasteiger partial charge in [0.2, 0.25) is 5.91 Å². The molecule has 0 spiro atoms. The van der Waals surface area contributed by atoms with Gasteiger partial charge < -0.3 is 15.8 Å². The SMILES string of the molecule is Cc1c(C(N)=O)ccc(-n2cnc3c(NCCC(F)(F)F)cc(Oc4ccc(Cl)cc4)cc32)c1C1CC1. The standard InChI is InChI=1S/C27H24ClF3N4O2/c1-15-20(26(32)36)8-9-22(24(15)16-2-3-16)35-14-34-25-21(33-11-10-27(29,30)31)12-19(13-23(25)35)37-18-6-4-17(28)5-7-18/h4-9,12-14,16,33H,2-3,10-11H2,1H3,(H2,32,36). The minimum atomic E-state index is -4.29. The van der Waals surface area contributed by atoms with E-state index in [-0.39, 0.29) is 6.54 Å². The van der Waals surface area contributed by atoms with E-state index in [1.165, 1.54) is 0 Å². The molecule has 10 heteroatoms. The second-order valence-electron chi connectivity index (χ2n) is 9.11. The lowest BCUT2D eigenvalue weighted by atomic mass is 9.96. The predicted octanol–water partition coefficient (Wildman–Crippen LogP) is 7.12. The summed E-state index contributed by atoms with van der Waals surface area (Å²) in [6, 6.07) is 13.7. The number of nitrogens with two attached hydrogens (primary N) is 1. The van der Waals surface area contributed by atoms with Crippen LogP contribution in [0.4, 0.5) is 18.9 Å². The molecule has 0 atom stereocenters. The molecular weight excluding hydrogens is 505 g/mol. The molecule has 0 saturated heterocycles. The summed E-state index contributed by atoms with van der Waals surface area (Å²) in [7, 11) is 0. The monoisotopic (exact) mass is 528 g/mol. The number of carbonyl (C=O) groups is 1. The van der Waals surface area contributed by atoms with Gasteiger partial charge in [-0.2, -0.15) is 13.2 Å². The summed E-state index contributed by atoms with van der Waals surface area (Å²) in [6.45, 7) is 1.57. The number of rotatable bonds is 8. The Hall–Kier alpha value is -3.72. The molecule has 0 bridgehead atoms. The Morgan fingerprint density at radius 2 is 1.89 bits per heavy atom. The number of ether oxygens (including phenoxy) is 1. The number of benzene rings is 3. The van der Waals surface area contributed by atoms with Gasteiger partial charge in [0.15, 0.2) is 0 Å². The van der Waals surface area contributed by atoms with Gasteiger partial charge in [-0.05, 0) is 73.2 Å². The molecule has 1 saturated carbocycles. The highest BCUT2D eigenvalue weighted by Crippen LogP contribution is 2.46. The molecule has 1 fully saturated rings. The Morgan fingerprint density at radius 1 is 1.16 bits per heavy atom. The Kier molecular flexibility index (Phi) is 6.49. The zero-order chi connectivity index (χ0) is 26.3. The number of hydrogen-bond donors (Lipinski definition) is 2. The average molecular weight is 529 g/mol. The fourth-order valence-electron chi connectivity index (χ4n) is 4.53. The lowest BCUT2D eigenvalue weighted by molar-refractivity contribution is -0.131. The van der Waals surface area contributed by atoms with Crippen LogP contribution in [-0.4, -0.2) is 28.2 Å². The van der Waals surface area contributed by atoms with Crippen LogP contribution in [0.1, 0.15) is 46.7 Å². The van der Waals surface area contributed by atoms with Crippen LogP contribution in [0.5, 0.6) is 11.5 Å². The normalized spacial score (nSPS) is 13.6. The van der Waals surface area contributed by atoms with E-state index in [0.717, 1.165) is 29.7 Å². The summed E-state index contributed by atoms with van der Waals surface area (Å²) in [5.74, 6) is 0.752. The maximum atomic E-state index is 12.8. The summed E-state index contributed by atoms with van der Waals surface area (Å²) in [4.78, 5) is 16.5. The van der Waals surface area contributed by atoms with Crippen molar-refractivity contribution in [2.24, 2.45) is 5.73 Å². The summed E-state index contributed by atoms with van der Waals surface area (Å²) in [5, 5.41) is 3.42. The Balaban J connectivity index is 1.62. The molecule has 3 N–H and O–H groups in total. The molecule has 0 radical (unpaired) electrons. The number of amides is 1. The van der Waals surface area contributed by atoms with Crippen LogP contribution in [0.25, 0.3) is 16.7 Å². The number of fused-ring (bicyclic) bond motifs is 1. The average Bonchev–Trinajstić information content (AvgIpc) is 3.57. The van der Waals surface area contributed by atoms with Crippen LogP contribution in [0.15, 0.2) is 54.9 Å². The van der Waals surface area contributed by atoms with E-state index < -0.39 is 18.5 Å². The number of aromatic nitrogens is 2. The second-order valence-corrected chi connectivity index (χ2v) is 9.55. The fourth-order valence-corrected chi connectivity index (χ4v) is 4.66. The Bertz CT molecular complexity index is 1480. The molecular formula is C27H24ClF3N4O2. The van der Waals surface area contributed by atoms with Gasteiger partial charge in [-0.1, -0.05) is 11.6 Å². The fraction of sp³-hybridized carbons (Fsp3) is 0.259. The molecule has 1 heterocycles. The molecule has 1 aliphatic rings. The number of carbonyl (C=O) groups excluding carboxylic acids is 1. The van der Waals surface area contributed by atoms with Crippen LogP contribution in [0.2, 0.25) is 5.02 Å². The molecule has 1 aromatic heterocycles. The summed E-state index contributed by atoms with van der Waals surface area (Å²) in [5.41, 5.74) is 10.3. The Labute approximate surface area is 216 Å². The van der Waals surface area contributed by atoms with Crippen molar-refractivity contribution in [2.75, 3.05) is 11.9 Å². The number of hydrogen-bond acceptors (Lipinski definition) is 4. The van der Waals surface area contributed by atoms with E-state index in [1.54, 1.807) is 48.8 Å². The third-order valence-electron chi connectivity index (χ3n) is 6.40. The number of nitrogens with zero attached hydrogens (tertiary/aromatic N) is 2. The van der Waals surface area contributed by atoms with Gasteiger partial charge in [0.05, 0.1) is 23.3 Å². The number of alkyl halides is 3. The van der Waals surface area contributed by atoms with Crippen LogP contribution in [0, 0.1) is 6.92 Å². The van der Waals surface area contributed by atoms with Gasteiger partial charge in [-0.3, -0.25) is 9.36 Å². The van der Waals surface area contributed by atoms with Gasteiger partial charge >= 0.3 is 6.18 Å². The van der Waals surface area contributed by atoms with Gasteiger partial charge in [0.25, 0.3) is 0 Å². The van der Waals surface area contributed by atoms with Crippen LogP contribution < -0.4 is 15.8 Å². The molecule has 0 aliphatic heterocycles. The van der Waals surface area contributed by atoms with Crippen molar-refractivity contribution in [3.8, 4) is 17.2 Å². The Morgan fingerprint density at radius 3 is 2.54 bits per heavy atom. The van der Waals surface area contributed by atoms with E-state index in [9.17, 15) is 18.0 Å². The highest BCUT2D eigenvalue weighted by Gasteiger charge is 2.31. The molecule has 6 nitrogen and oxygen atoms in total. The molecule has 37 heavy (non-hydrogen) atoms. The maximum absolute atomic E-state index is 12.8. The van der Waals surface area contributed by atoms with Crippen LogP contribution in [0.3, 0.4) is 0 Å². The highest BCUT2D eigenvalue weighted by atomic mass is 35.5.